The molecule has 0 unspecified atom stereocenters. The van der Waals surface area contributed by atoms with E-state index in [0.717, 1.165) is 17.2 Å². The molecule has 7 nitrogen and oxygen atoms in total. The topological polar surface area (TPSA) is 87.7 Å². The van der Waals surface area contributed by atoms with Gasteiger partial charge in [-0.2, -0.15) is 0 Å². The zero-order valence-electron chi connectivity index (χ0n) is 24.1. The number of halogens is 2. The van der Waals surface area contributed by atoms with Crippen LogP contribution >= 0.6 is 0 Å². The number of anilines is 2. The maximum atomic E-state index is 15.4. The van der Waals surface area contributed by atoms with E-state index in [1.54, 1.807) is 54.6 Å². The van der Waals surface area contributed by atoms with Gasteiger partial charge in [0, 0.05) is 60.6 Å². The first kappa shape index (κ1) is 30.3. The predicted octanol–water partition coefficient (Wildman–Crippen LogP) is 6.44. The number of amides is 3. The Balaban J connectivity index is 1.37. The van der Waals surface area contributed by atoms with Crippen LogP contribution in [0.1, 0.15) is 32.7 Å². The number of hydrogen-bond acceptors (Lipinski definition) is 4. The van der Waals surface area contributed by atoms with E-state index in [1.165, 1.54) is 18.1 Å². The Morgan fingerprint density at radius 1 is 0.864 bits per heavy atom. The highest BCUT2D eigenvalue weighted by Crippen LogP contribution is 2.43. The first-order chi connectivity index (χ1) is 21.3. The number of allylic oxidation sites excluding steroid dienone is 1. The standard InChI is InChI=1S/C35H31F2N3O4/c1-44-22-20-38-32(41)23-30-29-13-7-8-14-31(29)40(21-19-35(30,36)37)34(43)25-15-17-26(18-16-25)39-33(42)28-12-6-5-11-27(28)24-9-3-2-4-10-24/h2-18,23H,19-22H2,1H3,(H,38,41)(H,39,42)/b30-23+. The number of methoxy groups -OCH3 is 1. The minimum Gasteiger partial charge on any atom is -0.383 e. The highest BCUT2D eigenvalue weighted by Gasteiger charge is 2.41. The smallest absolute Gasteiger partial charge is 0.275 e. The molecule has 0 saturated heterocycles. The van der Waals surface area contributed by atoms with Crippen molar-refractivity contribution in [2.75, 3.05) is 37.0 Å². The first-order valence-corrected chi connectivity index (χ1v) is 14.1. The second kappa shape index (κ2) is 13.4. The highest BCUT2D eigenvalue weighted by atomic mass is 19.3. The molecule has 3 amide bonds. The lowest BCUT2D eigenvalue weighted by atomic mass is 9.97. The van der Waals surface area contributed by atoms with Crippen molar-refractivity contribution >= 4 is 34.7 Å². The first-order valence-electron chi connectivity index (χ1n) is 14.1. The molecule has 1 aliphatic heterocycles. The molecular weight excluding hydrogens is 564 g/mol. The lowest BCUT2D eigenvalue weighted by Gasteiger charge is -2.23. The number of benzene rings is 4. The Kier molecular flexibility index (Phi) is 9.26. The van der Waals surface area contributed by atoms with Gasteiger partial charge in [0.25, 0.3) is 17.7 Å². The van der Waals surface area contributed by atoms with Crippen LogP contribution in [0, 0.1) is 0 Å². The van der Waals surface area contributed by atoms with Crippen LogP contribution in [0.15, 0.2) is 109 Å². The lowest BCUT2D eigenvalue weighted by Crippen LogP contribution is -2.33. The van der Waals surface area contributed by atoms with Crippen LogP contribution < -0.4 is 15.5 Å². The van der Waals surface area contributed by atoms with Crippen LogP contribution in [-0.2, 0) is 9.53 Å². The highest BCUT2D eigenvalue weighted by molar-refractivity contribution is 6.11. The fourth-order valence-electron chi connectivity index (χ4n) is 5.09. The van der Waals surface area contributed by atoms with Crippen LogP contribution in [-0.4, -0.2) is 50.5 Å². The number of hydrogen-bond donors (Lipinski definition) is 2. The second-order valence-electron chi connectivity index (χ2n) is 10.2. The van der Waals surface area contributed by atoms with E-state index in [9.17, 15) is 14.4 Å². The van der Waals surface area contributed by atoms with Crippen molar-refractivity contribution in [3.05, 3.63) is 126 Å². The molecule has 0 radical (unpaired) electrons. The Hall–Kier alpha value is -5.15. The van der Waals surface area contributed by atoms with Crippen molar-refractivity contribution in [1.29, 1.82) is 0 Å². The Bertz CT molecular complexity index is 1690. The summed E-state index contributed by atoms with van der Waals surface area (Å²) in [5.41, 5.74) is 2.86. The summed E-state index contributed by atoms with van der Waals surface area (Å²) in [7, 11) is 1.47. The molecule has 0 atom stereocenters. The molecule has 224 valence electrons. The quantitative estimate of drug-likeness (QED) is 0.181. The molecule has 0 aliphatic carbocycles. The molecule has 4 aromatic carbocycles. The van der Waals surface area contributed by atoms with Gasteiger partial charge in [-0.15, -0.1) is 0 Å². The van der Waals surface area contributed by atoms with Gasteiger partial charge >= 0.3 is 0 Å². The van der Waals surface area contributed by atoms with E-state index >= 15 is 8.78 Å². The van der Waals surface area contributed by atoms with Crippen LogP contribution in [0.2, 0.25) is 0 Å². The van der Waals surface area contributed by atoms with E-state index < -0.39 is 29.7 Å². The molecule has 0 aromatic heterocycles. The average Bonchev–Trinajstić information content (AvgIpc) is 3.15. The van der Waals surface area contributed by atoms with Crippen molar-refractivity contribution in [3.63, 3.8) is 0 Å². The van der Waals surface area contributed by atoms with E-state index in [2.05, 4.69) is 10.6 Å². The van der Waals surface area contributed by atoms with Gasteiger partial charge in [0.2, 0.25) is 5.91 Å². The number of carbonyl (C=O) groups is 3. The molecule has 44 heavy (non-hydrogen) atoms. The summed E-state index contributed by atoms with van der Waals surface area (Å²) in [6, 6.07) is 29.5. The van der Waals surface area contributed by atoms with Gasteiger partial charge in [0.1, 0.15) is 0 Å². The normalized spacial score (nSPS) is 14.8. The fraction of sp³-hybridized carbons (Fsp3) is 0.171. The maximum absolute atomic E-state index is 15.4. The summed E-state index contributed by atoms with van der Waals surface area (Å²) < 4.78 is 35.7. The molecule has 1 heterocycles. The third-order valence-electron chi connectivity index (χ3n) is 7.30. The molecule has 4 aromatic rings. The number of para-hydroxylation sites is 1. The van der Waals surface area contributed by atoms with Gasteiger partial charge < -0.3 is 20.3 Å². The Labute approximate surface area is 254 Å². The minimum atomic E-state index is -3.35. The van der Waals surface area contributed by atoms with Crippen LogP contribution in [0.3, 0.4) is 0 Å². The van der Waals surface area contributed by atoms with Gasteiger partial charge in [0.05, 0.1) is 12.3 Å². The van der Waals surface area contributed by atoms with Gasteiger partial charge in [-0.3, -0.25) is 14.4 Å². The van der Waals surface area contributed by atoms with E-state index in [0.29, 0.717) is 11.3 Å². The second-order valence-corrected chi connectivity index (χ2v) is 10.2. The maximum Gasteiger partial charge on any atom is 0.275 e. The number of nitrogens with one attached hydrogen (secondary N) is 2. The number of carbonyl (C=O) groups excluding carboxylic acids is 3. The molecule has 0 bridgehead atoms. The average molecular weight is 596 g/mol. The summed E-state index contributed by atoms with van der Waals surface area (Å²) in [4.78, 5) is 40.6. The zero-order valence-corrected chi connectivity index (χ0v) is 24.1. The van der Waals surface area contributed by atoms with Crippen molar-refractivity contribution in [3.8, 4) is 11.1 Å². The third kappa shape index (κ3) is 6.74. The molecule has 0 saturated carbocycles. The van der Waals surface area contributed by atoms with Gasteiger partial charge in [-0.05, 0) is 47.5 Å². The van der Waals surface area contributed by atoms with Gasteiger partial charge in [0.15, 0.2) is 0 Å². The zero-order chi connectivity index (χ0) is 31.1. The van der Waals surface area contributed by atoms with Crippen LogP contribution in [0.4, 0.5) is 20.2 Å². The number of rotatable bonds is 8. The Morgan fingerprint density at radius 3 is 2.25 bits per heavy atom. The fourth-order valence-corrected chi connectivity index (χ4v) is 5.09. The summed E-state index contributed by atoms with van der Waals surface area (Å²) in [6.45, 7) is 0.154. The SMILES string of the molecule is COCCNC(=O)/C=C1\c2ccccc2N(C(=O)c2ccc(NC(=O)c3ccccc3-c3ccccc3)cc2)CCC1(F)F. The predicted molar refractivity (Wildman–Crippen MR) is 167 cm³/mol. The third-order valence-corrected chi connectivity index (χ3v) is 7.30. The molecule has 0 fully saturated rings. The monoisotopic (exact) mass is 595 g/mol. The molecule has 2 N–H and O–H groups in total. The number of alkyl halides is 2. The minimum absolute atomic E-state index is 0.103. The number of fused-ring (bicyclic) bond motifs is 1. The lowest BCUT2D eigenvalue weighted by molar-refractivity contribution is -0.116. The summed E-state index contributed by atoms with van der Waals surface area (Å²) in [5, 5.41) is 5.41. The van der Waals surface area contributed by atoms with Gasteiger partial charge in [-0.25, -0.2) is 8.78 Å². The molecule has 1 aliphatic rings. The summed E-state index contributed by atoms with van der Waals surface area (Å²) in [6.07, 6.45) is 0.232. The van der Waals surface area contributed by atoms with Crippen LogP contribution in [0.5, 0.6) is 0 Å². The molecular formula is C35H31F2N3O4. The van der Waals surface area contributed by atoms with Crippen LogP contribution in [0.25, 0.3) is 16.7 Å². The molecule has 9 heteroatoms. The van der Waals surface area contributed by atoms with Crippen molar-refractivity contribution in [1.82, 2.24) is 5.32 Å². The van der Waals surface area contributed by atoms with Crippen molar-refractivity contribution in [2.24, 2.45) is 0 Å². The molecule has 0 spiro atoms. The summed E-state index contributed by atoms with van der Waals surface area (Å²) in [5.74, 6) is -4.81. The Morgan fingerprint density at radius 2 is 1.52 bits per heavy atom. The van der Waals surface area contributed by atoms with E-state index in [-0.39, 0.29) is 42.4 Å². The van der Waals surface area contributed by atoms with E-state index in [4.69, 9.17) is 4.74 Å². The number of nitrogens with zero attached hydrogens (tertiary/aromatic N) is 1. The molecule has 5 rings (SSSR count). The van der Waals surface area contributed by atoms with E-state index in [1.807, 2.05) is 42.5 Å². The summed E-state index contributed by atoms with van der Waals surface area (Å²) >= 11 is 0. The van der Waals surface area contributed by atoms with Crippen molar-refractivity contribution < 1.29 is 27.9 Å². The van der Waals surface area contributed by atoms with Crippen molar-refractivity contribution in [2.45, 2.75) is 12.3 Å². The number of ether oxygens (including phenoxy) is 1. The van der Waals surface area contributed by atoms with Gasteiger partial charge in [-0.1, -0.05) is 66.7 Å². The largest absolute Gasteiger partial charge is 0.383 e.